The molecular formula is C13H19N5O2. The van der Waals surface area contributed by atoms with Gasteiger partial charge in [0.2, 0.25) is 11.7 Å². The molecule has 3 rings (SSSR count). The summed E-state index contributed by atoms with van der Waals surface area (Å²) in [5, 5.41) is 6.70. The van der Waals surface area contributed by atoms with Gasteiger partial charge in [-0.25, -0.2) is 4.98 Å². The predicted molar refractivity (Wildman–Crippen MR) is 71.0 cm³/mol. The highest BCUT2D eigenvalue weighted by Gasteiger charge is 2.35. The minimum absolute atomic E-state index is 0.153. The molecule has 1 aliphatic heterocycles. The van der Waals surface area contributed by atoms with Crippen LogP contribution in [0.4, 0.5) is 0 Å². The van der Waals surface area contributed by atoms with Crippen LogP contribution in [0.1, 0.15) is 36.2 Å². The lowest BCUT2D eigenvalue weighted by molar-refractivity contribution is -0.134. The molecule has 0 radical (unpaired) electrons. The van der Waals surface area contributed by atoms with Gasteiger partial charge in [-0.3, -0.25) is 14.7 Å². The second-order valence-corrected chi connectivity index (χ2v) is 5.35. The summed E-state index contributed by atoms with van der Waals surface area (Å²) < 4.78 is 0. The van der Waals surface area contributed by atoms with Gasteiger partial charge < -0.3 is 9.80 Å². The van der Waals surface area contributed by atoms with Crippen LogP contribution in [-0.4, -0.2) is 63.0 Å². The smallest absolute Gasteiger partial charge is 0.293 e. The van der Waals surface area contributed by atoms with Crippen molar-refractivity contribution in [2.75, 3.05) is 26.2 Å². The van der Waals surface area contributed by atoms with Crippen LogP contribution >= 0.6 is 0 Å². The molecular weight excluding hydrogens is 258 g/mol. The minimum atomic E-state index is -0.153. The summed E-state index contributed by atoms with van der Waals surface area (Å²) in [6.45, 7) is 4.32. The lowest BCUT2D eigenvalue weighted by Crippen LogP contribution is -2.51. The van der Waals surface area contributed by atoms with Crippen LogP contribution in [0.3, 0.4) is 0 Å². The first-order valence-corrected chi connectivity index (χ1v) is 7.18. The maximum Gasteiger partial charge on any atom is 0.293 e. The average Bonchev–Trinajstić information content (AvgIpc) is 3.23. The topological polar surface area (TPSA) is 82.2 Å². The number of piperazine rings is 1. The maximum absolute atomic E-state index is 12.2. The van der Waals surface area contributed by atoms with Crippen molar-refractivity contribution in [2.45, 2.75) is 26.2 Å². The van der Waals surface area contributed by atoms with E-state index in [1.807, 2.05) is 11.8 Å². The highest BCUT2D eigenvalue weighted by atomic mass is 16.2. The van der Waals surface area contributed by atoms with Gasteiger partial charge in [0.25, 0.3) is 5.91 Å². The van der Waals surface area contributed by atoms with Crippen molar-refractivity contribution in [1.82, 2.24) is 25.0 Å². The SMILES string of the molecule is CCc1nc(C(=O)N2CCN(C(=O)C3CC3)CC2)n[nH]1. The van der Waals surface area contributed by atoms with E-state index in [4.69, 9.17) is 0 Å². The van der Waals surface area contributed by atoms with Gasteiger partial charge in [0.05, 0.1) is 0 Å². The quantitative estimate of drug-likeness (QED) is 0.847. The van der Waals surface area contributed by atoms with E-state index >= 15 is 0 Å². The lowest BCUT2D eigenvalue weighted by atomic mass is 10.2. The van der Waals surface area contributed by atoms with Crippen molar-refractivity contribution in [3.63, 3.8) is 0 Å². The molecule has 1 aromatic rings. The zero-order chi connectivity index (χ0) is 14.1. The molecule has 20 heavy (non-hydrogen) atoms. The third-order valence-electron chi connectivity index (χ3n) is 3.86. The van der Waals surface area contributed by atoms with E-state index in [-0.39, 0.29) is 23.6 Å². The Kier molecular flexibility index (Phi) is 3.42. The zero-order valence-electron chi connectivity index (χ0n) is 11.6. The number of nitrogens with zero attached hydrogens (tertiary/aromatic N) is 4. The van der Waals surface area contributed by atoms with Gasteiger partial charge in [-0.1, -0.05) is 6.92 Å². The van der Waals surface area contributed by atoms with E-state index in [2.05, 4.69) is 15.2 Å². The second-order valence-electron chi connectivity index (χ2n) is 5.35. The summed E-state index contributed by atoms with van der Waals surface area (Å²) in [4.78, 5) is 31.9. The Bertz CT molecular complexity index is 515. The molecule has 1 saturated heterocycles. The number of nitrogens with one attached hydrogen (secondary N) is 1. The number of hydrogen-bond donors (Lipinski definition) is 1. The fourth-order valence-electron chi connectivity index (χ4n) is 2.41. The Balaban J connectivity index is 1.57. The van der Waals surface area contributed by atoms with E-state index in [1.165, 1.54) is 0 Å². The molecule has 0 bridgehead atoms. The van der Waals surface area contributed by atoms with E-state index in [0.717, 1.165) is 25.1 Å². The molecule has 2 heterocycles. The summed E-state index contributed by atoms with van der Waals surface area (Å²) in [5.41, 5.74) is 0. The monoisotopic (exact) mass is 277 g/mol. The van der Waals surface area contributed by atoms with Crippen LogP contribution < -0.4 is 0 Å². The summed E-state index contributed by atoms with van der Waals surface area (Å²) in [7, 11) is 0. The van der Waals surface area contributed by atoms with Crippen LogP contribution in [0.5, 0.6) is 0 Å². The molecule has 1 saturated carbocycles. The average molecular weight is 277 g/mol. The molecule has 7 nitrogen and oxygen atoms in total. The molecule has 1 aromatic heterocycles. The number of aryl methyl sites for hydroxylation is 1. The third-order valence-corrected chi connectivity index (χ3v) is 3.86. The predicted octanol–water partition coefficient (Wildman–Crippen LogP) is 0.0615. The largest absolute Gasteiger partial charge is 0.339 e. The molecule has 2 aliphatic rings. The number of carbonyl (C=O) groups is 2. The molecule has 2 fully saturated rings. The summed E-state index contributed by atoms with van der Waals surface area (Å²) >= 11 is 0. The van der Waals surface area contributed by atoms with E-state index in [1.54, 1.807) is 4.90 Å². The fourth-order valence-corrected chi connectivity index (χ4v) is 2.41. The third kappa shape index (κ3) is 2.52. The first-order valence-electron chi connectivity index (χ1n) is 7.18. The number of rotatable bonds is 3. The van der Waals surface area contributed by atoms with Crippen LogP contribution in [-0.2, 0) is 11.2 Å². The molecule has 2 amide bonds. The number of amides is 2. The minimum Gasteiger partial charge on any atom is -0.339 e. The Hall–Kier alpha value is -1.92. The van der Waals surface area contributed by atoms with E-state index in [0.29, 0.717) is 26.2 Å². The van der Waals surface area contributed by atoms with Crippen molar-refractivity contribution >= 4 is 11.8 Å². The van der Waals surface area contributed by atoms with Gasteiger partial charge in [-0.15, -0.1) is 5.10 Å². The second kappa shape index (κ2) is 5.22. The number of carbonyl (C=O) groups excluding carboxylic acids is 2. The van der Waals surface area contributed by atoms with E-state index in [9.17, 15) is 9.59 Å². The number of hydrogen-bond acceptors (Lipinski definition) is 4. The van der Waals surface area contributed by atoms with Crippen molar-refractivity contribution in [1.29, 1.82) is 0 Å². The number of H-pyrrole nitrogens is 1. The number of aromatic amines is 1. The Morgan fingerprint density at radius 3 is 2.40 bits per heavy atom. The fraction of sp³-hybridized carbons (Fsp3) is 0.692. The molecule has 0 atom stereocenters. The zero-order valence-corrected chi connectivity index (χ0v) is 11.6. The van der Waals surface area contributed by atoms with Crippen LogP contribution in [0.25, 0.3) is 0 Å². The van der Waals surface area contributed by atoms with Gasteiger partial charge in [0.15, 0.2) is 0 Å². The van der Waals surface area contributed by atoms with Gasteiger partial charge >= 0.3 is 0 Å². The van der Waals surface area contributed by atoms with Crippen molar-refractivity contribution < 1.29 is 9.59 Å². The van der Waals surface area contributed by atoms with Gasteiger partial charge in [-0.05, 0) is 12.8 Å². The van der Waals surface area contributed by atoms with Crippen molar-refractivity contribution in [2.24, 2.45) is 5.92 Å². The van der Waals surface area contributed by atoms with Crippen LogP contribution in [0, 0.1) is 5.92 Å². The van der Waals surface area contributed by atoms with Crippen molar-refractivity contribution in [3.8, 4) is 0 Å². The number of aromatic nitrogens is 3. The molecule has 0 aromatic carbocycles. The molecule has 108 valence electrons. The van der Waals surface area contributed by atoms with Crippen LogP contribution in [0.2, 0.25) is 0 Å². The Morgan fingerprint density at radius 2 is 1.85 bits per heavy atom. The summed E-state index contributed by atoms with van der Waals surface area (Å²) in [6, 6.07) is 0. The summed E-state index contributed by atoms with van der Waals surface area (Å²) in [5.74, 6) is 1.29. The molecule has 7 heteroatoms. The standard InChI is InChI=1S/C13H19N5O2/c1-2-10-14-11(16-15-10)13(20)18-7-5-17(6-8-18)12(19)9-3-4-9/h9H,2-8H2,1H3,(H,14,15,16). The first kappa shape index (κ1) is 13.1. The van der Waals surface area contributed by atoms with Gasteiger partial charge in [0.1, 0.15) is 5.82 Å². The maximum atomic E-state index is 12.2. The Morgan fingerprint density at radius 1 is 1.20 bits per heavy atom. The summed E-state index contributed by atoms with van der Waals surface area (Å²) in [6.07, 6.45) is 2.77. The van der Waals surface area contributed by atoms with Crippen LogP contribution in [0.15, 0.2) is 0 Å². The highest BCUT2D eigenvalue weighted by molar-refractivity contribution is 5.90. The lowest BCUT2D eigenvalue weighted by Gasteiger charge is -2.34. The normalized spacial score (nSPS) is 19.2. The Labute approximate surface area is 117 Å². The first-order chi connectivity index (χ1) is 9.69. The molecule has 1 aliphatic carbocycles. The molecule has 1 N–H and O–H groups in total. The van der Waals surface area contributed by atoms with E-state index < -0.39 is 0 Å². The molecule has 0 spiro atoms. The highest BCUT2D eigenvalue weighted by Crippen LogP contribution is 2.31. The van der Waals surface area contributed by atoms with Crippen molar-refractivity contribution in [3.05, 3.63) is 11.6 Å². The van der Waals surface area contributed by atoms with Gasteiger partial charge in [0, 0.05) is 38.5 Å². The molecule has 0 unspecified atom stereocenters. The van der Waals surface area contributed by atoms with Gasteiger partial charge in [-0.2, -0.15) is 0 Å².